The molecule has 1 amide bonds. The van der Waals surface area contributed by atoms with Crippen LogP contribution in [0, 0.1) is 6.92 Å². The first-order valence-corrected chi connectivity index (χ1v) is 7.06. The zero-order valence-corrected chi connectivity index (χ0v) is 11.7. The van der Waals surface area contributed by atoms with Crippen LogP contribution in [0.1, 0.15) is 29.2 Å². The van der Waals surface area contributed by atoms with Gasteiger partial charge in [0, 0.05) is 23.6 Å². The van der Waals surface area contributed by atoms with Crippen LogP contribution < -0.4 is 5.32 Å². The molecule has 1 atom stereocenters. The lowest BCUT2D eigenvalue weighted by Crippen LogP contribution is -2.23. The van der Waals surface area contributed by atoms with E-state index in [-0.39, 0.29) is 11.8 Å². The number of benzene rings is 2. The van der Waals surface area contributed by atoms with Gasteiger partial charge in [0.2, 0.25) is 5.91 Å². The number of rotatable bonds is 1. The molecule has 21 heavy (non-hydrogen) atoms. The number of carbonyl (C=O) groups excluding carboxylic acids is 1. The molecule has 0 fully saturated rings. The van der Waals surface area contributed by atoms with Gasteiger partial charge in [-0.05, 0) is 23.3 Å². The quantitative estimate of drug-likeness (QED) is 0.716. The molecule has 2 N–H and O–H groups in total. The second-order valence-electron chi connectivity index (χ2n) is 5.48. The number of H-pyrrole nitrogens is 1. The molecule has 4 nitrogen and oxygen atoms in total. The molecule has 0 bridgehead atoms. The standard InChI is InChI=1S/C17H15N3O/c1-10-16-14(9-15(21)18-17(16)20-19-10)13-8-4-6-11-5-2-3-7-12(11)13/h2-8,14H,9H2,1H3,(H2,18,19,20,21)/t14-/m1/s1. The summed E-state index contributed by atoms with van der Waals surface area (Å²) in [4.78, 5) is 12.0. The van der Waals surface area contributed by atoms with E-state index in [1.165, 1.54) is 16.3 Å². The van der Waals surface area contributed by atoms with Crippen LogP contribution in [0.2, 0.25) is 0 Å². The average Bonchev–Trinajstić information content (AvgIpc) is 2.87. The van der Waals surface area contributed by atoms with Gasteiger partial charge in [-0.15, -0.1) is 0 Å². The Morgan fingerprint density at radius 3 is 2.86 bits per heavy atom. The maximum atomic E-state index is 12.0. The van der Waals surface area contributed by atoms with Crippen LogP contribution in [0.4, 0.5) is 5.82 Å². The van der Waals surface area contributed by atoms with E-state index in [0.29, 0.717) is 12.2 Å². The Kier molecular flexibility index (Phi) is 2.57. The van der Waals surface area contributed by atoms with Crippen LogP contribution in [-0.4, -0.2) is 16.1 Å². The largest absolute Gasteiger partial charge is 0.309 e. The van der Waals surface area contributed by atoms with Crippen molar-refractivity contribution in [1.29, 1.82) is 0 Å². The zero-order valence-electron chi connectivity index (χ0n) is 11.7. The van der Waals surface area contributed by atoms with Gasteiger partial charge in [0.1, 0.15) is 0 Å². The molecular formula is C17H15N3O. The lowest BCUT2D eigenvalue weighted by atomic mass is 9.83. The van der Waals surface area contributed by atoms with Crippen molar-refractivity contribution in [3.63, 3.8) is 0 Å². The van der Waals surface area contributed by atoms with Gasteiger partial charge >= 0.3 is 0 Å². The molecule has 1 aliphatic rings. The normalized spacial score (nSPS) is 17.6. The highest BCUT2D eigenvalue weighted by Gasteiger charge is 2.31. The number of aromatic nitrogens is 2. The fourth-order valence-electron chi connectivity index (χ4n) is 3.25. The third-order valence-electron chi connectivity index (χ3n) is 4.19. The number of hydrogen-bond donors (Lipinski definition) is 2. The van der Waals surface area contributed by atoms with E-state index < -0.39 is 0 Å². The molecule has 0 aliphatic carbocycles. The first kappa shape index (κ1) is 12.1. The number of hydrogen-bond acceptors (Lipinski definition) is 2. The molecule has 0 radical (unpaired) electrons. The fourth-order valence-corrected chi connectivity index (χ4v) is 3.25. The maximum Gasteiger partial charge on any atom is 0.226 e. The van der Waals surface area contributed by atoms with E-state index in [4.69, 9.17) is 0 Å². The molecule has 0 saturated carbocycles. The van der Waals surface area contributed by atoms with Crippen molar-refractivity contribution in [1.82, 2.24) is 10.2 Å². The predicted octanol–water partition coefficient (Wildman–Crippen LogP) is 3.35. The lowest BCUT2D eigenvalue weighted by Gasteiger charge is -2.24. The van der Waals surface area contributed by atoms with Crippen molar-refractivity contribution in [2.45, 2.75) is 19.3 Å². The second-order valence-corrected chi connectivity index (χ2v) is 5.48. The van der Waals surface area contributed by atoms with Crippen LogP contribution in [0.3, 0.4) is 0 Å². The van der Waals surface area contributed by atoms with E-state index in [1.54, 1.807) is 0 Å². The number of anilines is 1. The number of aromatic amines is 1. The number of carbonyl (C=O) groups is 1. The van der Waals surface area contributed by atoms with Gasteiger partial charge in [-0.1, -0.05) is 42.5 Å². The average molecular weight is 277 g/mol. The second kappa shape index (κ2) is 4.45. The van der Waals surface area contributed by atoms with Crippen LogP contribution in [0.15, 0.2) is 42.5 Å². The van der Waals surface area contributed by atoms with Crippen molar-refractivity contribution in [3.05, 3.63) is 59.3 Å². The molecule has 0 spiro atoms. The number of fused-ring (bicyclic) bond motifs is 2. The Labute approximate surface area is 122 Å². The summed E-state index contributed by atoms with van der Waals surface area (Å²) in [5.41, 5.74) is 3.31. The molecule has 2 heterocycles. The van der Waals surface area contributed by atoms with Gasteiger partial charge in [0.15, 0.2) is 5.82 Å². The molecular weight excluding hydrogens is 262 g/mol. The summed E-state index contributed by atoms with van der Waals surface area (Å²) in [5, 5.41) is 12.4. The molecule has 1 aromatic heterocycles. The minimum Gasteiger partial charge on any atom is -0.309 e. The highest BCUT2D eigenvalue weighted by molar-refractivity contribution is 5.96. The van der Waals surface area contributed by atoms with Gasteiger partial charge in [-0.2, -0.15) is 5.10 Å². The molecule has 0 unspecified atom stereocenters. The minimum atomic E-state index is 0.0203. The van der Waals surface area contributed by atoms with Crippen molar-refractivity contribution >= 4 is 22.5 Å². The van der Waals surface area contributed by atoms with E-state index in [9.17, 15) is 4.79 Å². The van der Waals surface area contributed by atoms with Gasteiger partial charge in [0.25, 0.3) is 0 Å². The number of nitrogens with zero attached hydrogens (tertiary/aromatic N) is 1. The summed E-state index contributed by atoms with van der Waals surface area (Å²) in [6, 6.07) is 14.6. The van der Waals surface area contributed by atoms with Gasteiger partial charge in [0.05, 0.1) is 0 Å². The lowest BCUT2D eigenvalue weighted by molar-refractivity contribution is -0.116. The molecule has 104 valence electrons. The first-order valence-electron chi connectivity index (χ1n) is 7.06. The van der Waals surface area contributed by atoms with Gasteiger partial charge < -0.3 is 5.32 Å². The zero-order chi connectivity index (χ0) is 14.4. The summed E-state index contributed by atoms with van der Waals surface area (Å²) in [6.45, 7) is 2.00. The van der Waals surface area contributed by atoms with E-state index >= 15 is 0 Å². The van der Waals surface area contributed by atoms with E-state index in [1.807, 2.05) is 19.1 Å². The highest BCUT2D eigenvalue weighted by Crippen LogP contribution is 2.40. The molecule has 3 aromatic rings. The van der Waals surface area contributed by atoms with Crippen LogP contribution in [0.5, 0.6) is 0 Å². The fraction of sp³-hybridized carbons (Fsp3) is 0.176. The van der Waals surface area contributed by atoms with Crippen molar-refractivity contribution in [2.75, 3.05) is 5.32 Å². The summed E-state index contributed by atoms with van der Waals surface area (Å²) in [6.07, 6.45) is 0.460. The number of amides is 1. The molecule has 4 heteroatoms. The van der Waals surface area contributed by atoms with Crippen LogP contribution >= 0.6 is 0 Å². The SMILES string of the molecule is Cc1[nH]nc2c1[C@@H](c1cccc3ccccc13)CC(=O)N2. The van der Waals surface area contributed by atoms with E-state index in [0.717, 1.165) is 11.3 Å². The Bertz CT molecular complexity index is 845. The number of aryl methyl sites for hydroxylation is 1. The van der Waals surface area contributed by atoms with E-state index in [2.05, 4.69) is 45.8 Å². The number of nitrogens with one attached hydrogen (secondary N) is 2. The summed E-state index contributed by atoms with van der Waals surface area (Å²) >= 11 is 0. The smallest absolute Gasteiger partial charge is 0.226 e. The maximum absolute atomic E-state index is 12.0. The van der Waals surface area contributed by atoms with Gasteiger partial charge in [-0.3, -0.25) is 9.89 Å². The van der Waals surface area contributed by atoms with Crippen LogP contribution in [-0.2, 0) is 4.79 Å². The first-order chi connectivity index (χ1) is 10.2. The third-order valence-corrected chi connectivity index (χ3v) is 4.19. The molecule has 1 aliphatic heterocycles. The summed E-state index contributed by atoms with van der Waals surface area (Å²) < 4.78 is 0. The molecule has 2 aromatic carbocycles. The molecule has 0 saturated heterocycles. The topological polar surface area (TPSA) is 57.8 Å². The monoisotopic (exact) mass is 277 g/mol. The van der Waals surface area contributed by atoms with Gasteiger partial charge in [-0.25, -0.2) is 0 Å². The Balaban J connectivity index is 1.97. The Hall–Kier alpha value is -2.62. The highest BCUT2D eigenvalue weighted by atomic mass is 16.1. The molecule has 4 rings (SSSR count). The summed E-state index contributed by atoms with van der Waals surface area (Å²) in [7, 11) is 0. The predicted molar refractivity (Wildman–Crippen MR) is 82.4 cm³/mol. The minimum absolute atomic E-state index is 0.0203. The van der Waals surface area contributed by atoms with Crippen molar-refractivity contribution < 1.29 is 4.79 Å². The van der Waals surface area contributed by atoms with Crippen molar-refractivity contribution in [3.8, 4) is 0 Å². The Morgan fingerprint density at radius 1 is 1.14 bits per heavy atom. The van der Waals surface area contributed by atoms with Crippen LogP contribution in [0.25, 0.3) is 10.8 Å². The summed E-state index contributed by atoms with van der Waals surface area (Å²) in [5.74, 6) is 0.743. The third kappa shape index (κ3) is 1.83. The Morgan fingerprint density at radius 2 is 1.95 bits per heavy atom. The van der Waals surface area contributed by atoms with Crippen molar-refractivity contribution in [2.24, 2.45) is 0 Å².